The van der Waals surface area contributed by atoms with Gasteiger partial charge in [0.15, 0.2) is 0 Å². The molecular weight excluding hydrogens is 291 g/mol. The maximum absolute atomic E-state index is 13.1. The quantitative estimate of drug-likeness (QED) is 0.925. The topological polar surface area (TPSA) is 39.1 Å². The zero-order valence-electron chi connectivity index (χ0n) is 12.9. The summed E-state index contributed by atoms with van der Waals surface area (Å²) in [4.78, 5) is 2.24. The summed E-state index contributed by atoms with van der Waals surface area (Å²) in [7, 11) is 0. The van der Waals surface area contributed by atoms with E-state index in [9.17, 15) is 13.2 Å². The SMILES string of the molecule is CC1CN(C(C)C)CC1Nc1cc(C#N)ccc1C(F)(F)F. The number of halogens is 3. The molecule has 0 spiro atoms. The second kappa shape index (κ2) is 6.17. The molecule has 1 heterocycles. The van der Waals surface area contributed by atoms with E-state index in [1.54, 1.807) is 0 Å². The Morgan fingerprint density at radius 3 is 2.50 bits per heavy atom. The Bertz CT molecular complexity index is 575. The number of nitriles is 1. The first-order valence-corrected chi connectivity index (χ1v) is 7.34. The molecule has 3 nitrogen and oxygen atoms in total. The minimum atomic E-state index is -4.43. The summed E-state index contributed by atoms with van der Waals surface area (Å²) in [5.41, 5.74) is -0.502. The highest BCUT2D eigenvalue weighted by atomic mass is 19.4. The highest BCUT2D eigenvalue weighted by Crippen LogP contribution is 2.36. The van der Waals surface area contributed by atoms with E-state index in [1.165, 1.54) is 12.1 Å². The van der Waals surface area contributed by atoms with E-state index in [0.717, 1.165) is 12.6 Å². The van der Waals surface area contributed by atoms with Gasteiger partial charge in [-0.15, -0.1) is 0 Å². The summed E-state index contributed by atoms with van der Waals surface area (Å²) in [6, 6.07) is 5.66. The summed E-state index contributed by atoms with van der Waals surface area (Å²) < 4.78 is 39.4. The number of hydrogen-bond acceptors (Lipinski definition) is 3. The molecule has 6 heteroatoms. The molecule has 1 aliphatic rings. The average molecular weight is 311 g/mol. The van der Waals surface area contributed by atoms with Gasteiger partial charge in [0.2, 0.25) is 0 Å². The molecule has 0 aliphatic carbocycles. The number of nitrogens with zero attached hydrogens (tertiary/aromatic N) is 2. The van der Waals surface area contributed by atoms with Crippen molar-refractivity contribution in [2.24, 2.45) is 5.92 Å². The highest BCUT2D eigenvalue weighted by Gasteiger charge is 2.36. The van der Waals surface area contributed by atoms with Crippen LogP contribution < -0.4 is 5.32 Å². The van der Waals surface area contributed by atoms with E-state index < -0.39 is 11.7 Å². The Morgan fingerprint density at radius 2 is 2.00 bits per heavy atom. The first-order chi connectivity index (χ1) is 10.2. The number of anilines is 1. The molecule has 0 saturated carbocycles. The summed E-state index contributed by atoms with van der Waals surface area (Å²) in [5, 5.41) is 11.9. The van der Waals surface area contributed by atoms with E-state index >= 15 is 0 Å². The molecule has 2 atom stereocenters. The molecule has 1 aliphatic heterocycles. The van der Waals surface area contributed by atoms with E-state index in [4.69, 9.17) is 5.26 Å². The second-order valence-electron chi connectivity index (χ2n) is 6.15. The van der Waals surface area contributed by atoms with Crippen LogP contribution in [-0.2, 0) is 6.18 Å². The molecule has 0 amide bonds. The lowest BCUT2D eigenvalue weighted by Crippen LogP contribution is -2.32. The Balaban J connectivity index is 2.27. The molecule has 0 bridgehead atoms. The third kappa shape index (κ3) is 3.53. The smallest absolute Gasteiger partial charge is 0.380 e. The molecule has 1 aromatic rings. The lowest BCUT2D eigenvalue weighted by molar-refractivity contribution is -0.137. The van der Waals surface area contributed by atoms with Crippen molar-refractivity contribution in [1.29, 1.82) is 5.26 Å². The van der Waals surface area contributed by atoms with Crippen LogP contribution in [0, 0.1) is 17.2 Å². The van der Waals surface area contributed by atoms with Gasteiger partial charge in [-0.3, -0.25) is 4.90 Å². The van der Waals surface area contributed by atoms with Gasteiger partial charge in [0.25, 0.3) is 0 Å². The van der Waals surface area contributed by atoms with Crippen LogP contribution in [0.5, 0.6) is 0 Å². The van der Waals surface area contributed by atoms with Gasteiger partial charge in [-0.2, -0.15) is 18.4 Å². The fraction of sp³-hybridized carbons (Fsp3) is 0.562. The average Bonchev–Trinajstić information content (AvgIpc) is 2.79. The van der Waals surface area contributed by atoms with Gasteiger partial charge < -0.3 is 5.32 Å². The van der Waals surface area contributed by atoms with Gasteiger partial charge in [0.05, 0.1) is 17.2 Å². The fourth-order valence-corrected chi connectivity index (χ4v) is 2.79. The second-order valence-corrected chi connectivity index (χ2v) is 6.15. The molecule has 0 radical (unpaired) electrons. The number of hydrogen-bond donors (Lipinski definition) is 1. The highest BCUT2D eigenvalue weighted by molar-refractivity contribution is 5.57. The van der Waals surface area contributed by atoms with Crippen molar-refractivity contribution in [3.8, 4) is 6.07 Å². The molecule has 1 N–H and O–H groups in total. The fourth-order valence-electron chi connectivity index (χ4n) is 2.79. The summed E-state index contributed by atoms with van der Waals surface area (Å²) in [6.45, 7) is 7.74. The van der Waals surface area contributed by atoms with Crippen LogP contribution in [0.25, 0.3) is 0 Å². The van der Waals surface area contributed by atoms with Gasteiger partial charge in [-0.1, -0.05) is 6.92 Å². The first kappa shape index (κ1) is 16.6. The van der Waals surface area contributed by atoms with Gasteiger partial charge in [-0.25, -0.2) is 0 Å². The molecule has 22 heavy (non-hydrogen) atoms. The van der Waals surface area contributed by atoms with E-state index in [1.807, 2.05) is 13.0 Å². The molecule has 120 valence electrons. The maximum Gasteiger partial charge on any atom is 0.418 e. The minimum Gasteiger partial charge on any atom is -0.380 e. The normalized spacial score (nSPS) is 22.8. The molecule has 0 aromatic heterocycles. The Morgan fingerprint density at radius 1 is 1.32 bits per heavy atom. The van der Waals surface area contributed by atoms with Crippen molar-refractivity contribution in [3.05, 3.63) is 29.3 Å². The lowest BCUT2D eigenvalue weighted by atomic mass is 10.0. The zero-order chi connectivity index (χ0) is 16.5. The largest absolute Gasteiger partial charge is 0.418 e. The number of rotatable bonds is 3. The monoisotopic (exact) mass is 311 g/mol. The Hall–Kier alpha value is -1.74. The van der Waals surface area contributed by atoms with Gasteiger partial charge in [0.1, 0.15) is 0 Å². The van der Waals surface area contributed by atoms with Crippen LogP contribution in [0.2, 0.25) is 0 Å². The van der Waals surface area contributed by atoms with Crippen LogP contribution in [0.1, 0.15) is 31.9 Å². The first-order valence-electron chi connectivity index (χ1n) is 7.34. The standard InChI is InChI=1S/C16H20F3N3/c1-10(2)22-8-11(3)15(9-22)21-14-6-12(7-20)4-5-13(14)16(17,18)19/h4-6,10-11,15,21H,8-9H2,1-3H3. The third-order valence-corrected chi connectivity index (χ3v) is 4.17. The van der Waals surface area contributed by atoms with E-state index in [-0.39, 0.29) is 23.2 Å². The summed E-state index contributed by atoms with van der Waals surface area (Å²) in [6.07, 6.45) is -4.43. The molecule has 1 saturated heterocycles. The predicted molar refractivity (Wildman–Crippen MR) is 79.4 cm³/mol. The summed E-state index contributed by atoms with van der Waals surface area (Å²) in [5.74, 6) is 0.245. The van der Waals surface area contributed by atoms with E-state index in [0.29, 0.717) is 12.6 Å². The molecule has 1 aromatic carbocycles. The van der Waals surface area contributed by atoms with Gasteiger partial charge in [-0.05, 0) is 38.0 Å². The number of benzene rings is 1. The minimum absolute atomic E-state index is 0.00555. The number of nitrogens with one attached hydrogen (secondary N) is 1. The van der Waals surface area contributed by atoms with Crippen molar-refractivity contribution in [1.82, 2.24) is 4.90 Å². The molecule has 2 rings (SSSR count). The van der Waals surface area contributed by atoms with Crippen LogP contribution in [0.3, 0.4) is 0 Å². The maximum atomic E-state index is 13.1. The number of alkyl halides is 3. The lowest BCUT2D eigenvalue weighted by Gasteiger charge is -2.22. The van der Waals surface area contributed by atoms with Gasteiger partial charge >= 0.3 is 6.18 Å². The van der Waals surface area contributed by atoms with Crippen LogP contribution in [0.15, 0.2) is 18.2 Å². The van der Waals surface area contributed by atoms with Crippen LogP contribution >= 0.6 is 0 Å². The Labute approximate surface area is 128 Å². The third-order valence-electron chi connectivity index (χ3n) is 4.17. The Kier molecular flexibility index (Phi) is 4.66. The van der Waals surface area contributed by atoms with Crippen LogP contribution in [-0.4, -0.2) is 30.1 Å². The van der Waals surface area contributed by atoms with Crippen molar-refractivity contribution in [2.45, 2.75) is 39.0 Å². The van der Waals surface area contributed by atoms with Crippen molar-refractivity contribution in [3.63, 3.8) is 0 Å². The molecule has 2 unspecified atom stereocenters. The molecule has 1 fully saturated rings. The molecular formula is C16H20F3N3. The predicted octanol–water partition coefficient (Wildman–Crippen LogP) is 3.72. The van der Waals surface area contributed by atoms with E-state index in [2.05, 4.69) is 24.1 Å². The van der Waals surface area contributed by atoms with Crippen molar-refractivity contribution < 1.29 is 13.2 Å². The number of likely N-dealkylation sites (tertiary alicyclic amines) is 1. The zero-order valence-corrected chi connectivity index (χ0v) is 12.9. The van der Waals surface area contributed by atoms with Crippen molar-refractivity contribution in [2.75, 3.05) is 18.4 Å². The van der Waals surface area contributed by atoms with Crippen molar-refractivity contribution >= 4 is 5.69 Å². The van der Waals surface area contributed by atoms with Crippen LogP contribution in [0.4, 0.5) is 18.9 Å². The van der Waals surface area contributed by atoms with Gasteiger partial charge in [0, 0.05) is 30.9 Å². The summed E-state index contributed by atoms with van der Waals surface area (Å²) >= 11 is 0.